The van der Waals surface area contributed by atoms with Crippen LogP contribution in [0.5, 0.6) is 0 Å². The monoisotopic (exact) mass is 424 g/mol. The van der Waals surface area contributed by atoms with E-state index in [1.54, 1.807) is 27.7 Å². The van der Waals surface area contributed by atoms with Gasteiger partial charge in [-0.3, -0.25) is 14.4 Å². The molecule has 1 heterocycles. The zero-order valence-corrected chi connectivity index (χ0v) is 17.9. The van der Waals surface area contributed by atoms with Crippen molar-refractivity contribution >= 4 is 23.7 Å². The number of aromatic nitrogens is 2. The van der Waals surface area contributed by atoms with Crippen LogP contribution in [-0.4, -0.2) is 62.9 Å². The summed E-state index contributed by atoms with van der Waals surface area (Å²) in [6.07, 6.45) is 2.89. The van der Waals surface area contributed by atoms with Crippen LogP contribution in [0.15, 0.2) is 12.5 Å². The van der Waals surface area contributed by atoms with E-state index in [-0.39, 0.29) is 18.3 Å². The molecule has 0 saturated carbocycles. The summed E-state index contributed by atoms with van der Waals surface area (Å²) in [5.74, 6) is -3.32. The van der Waals surface area contributed by atoms with E-state index in [0.717, 1.165) is 0 Å². The molecular formula is C19H32N6O5. The molecule has 0 aromatic carbocycles. The first-order valence-electron chi connectivity index (χ1n) is 9.80. The summed E-state index contributed by atoms with van der Waals surface area (Å²) in [5.41, 5.74) is 6.32. The highest BCUT2D eigenvalue weighted by Crippen LogP contribution is 2.06. The van der Waals surface area contributed by atoms with Crippen molar-refractivity contribution in [2.45, 2.75) is 65.2 Å². The minimum atomic E-state index is -1.21. The number of carboxylic acids is 1. The molecule has 1 aromatic rings. The highest BCUT2D eigenvalue weighted by Gasteiger charge is 2.31. The number of hydrogen-bond acceptors (Lipinski definition) is 6. The van der Waals surface area contributed by atoms with Gasteiger partial charge in [0.15, 0.2) is 0 Å². The van der Waals surface area contributed by atoms with Gasteiger partial charge in [0.25, 0.3) is 0 Å². The third kappa shape index (κ3) is 7.47. The molecule has 0 spiro atoms. The molecule has 0 saturated heterocycles. The van der Waals surface area contributed by atoms with Gasteiger partial charge in [-0.2, -0.15) is 0 Å². The molecule has 0 radical (unpaired) electrons. The summed E-state index contributed by atoms with van der Waals surface area (Å²) in [5, 5.41) is 17.0. The fraction of sp³-hybridized carbons (Fsp3) is 0.632. The maximum atomic E-state index is 12.7. The Balaban J connectivity index is 2.77. The number of H-pyrrole nitrogens is 1. The molecule has 0 aliphatic carbocycles. The maximum Gasteiger partial charge on any atom is 0.326 e. The van der Waals surface area contributed by atoms with E-state index in [1.165, 1.54) is 19.4 Å². The first-order valence-corrected chi connectivity index (χ1v) is 9.80. The summed E-state index contributed by atoms with van der Waals surface area (Å²) in [6, 6.07) is -3.86. The quantitative estimate of drug-likeness (QED) is 0.268. The van der Waals surface area contributed by atoms with Gasteiger partial charge in [-0.15, -0.1) is 0 Å². The lowest BCUT2D eigenvalue weighted by molar-refractivity contribution is -0.142. The molecule has 0 fully saturated rings. The van der Waals surface area contributed by atoms with E-state index in [1.807, 2.05) is 0 Å². The van der Waals surface area contributed by atoms with Crippen molar-refractivity contribution < 1.29 is 24.3 Å². The number of nitrogens with two attached hydrogens (primary N) is 1. The first kappa shape index (κ1) is 25.1. The smallest absolute Gasteiger partial charge is 0.326 e. The Morgan fingerprint density at radius 2 is 1.63 bits per heavy atom. The number of carboxylic acid groups (broad SMARTS) is 1. The number of rotatable bonds is 11. The number of carbonyl (C=O) groups excluding carboxylic acids is 3. The zero-order valence-electron chi connectivity index (χ0n) is 17.9. The zero-order chi connectivity index (χ0) is 23.0. The van der Waals surface area contributed by atoms with E-state index in [9.17, 15) is 24.3 Å². The van der Waals surface area contributed by atoms with Crippen molar-refractivity contribution in [1.82, 2.24) is 25.9 Å². The third-order valence-electron chi connectivity index (χ3n) is 4.61. The van der Waals surface area contributed by atoms with Gasteiger partial charge in [0.2, 0.25) is 17.7 Å². The number of aliphatic carboxylic acids is 1. The predicted molar refractivity (Wildman–Crippen MR) is 109 cm³/mol. The number of aromatic amines is 1. The number of nitrogens with zero attached hydrogens (tertiary/aromatic N) is 1. The van der Waals surface area contributed by atoms with E-state index in [2.05, 4.69) is 25.9 Å². The molecule has 11 heteroatoms. The highest BCUT2D eigenvalue weighted by atomic mass is 16.4. The van der Waals surface area contributed by atoms with Crippen molar-refractivity contribution in [3.8, 4) is 0 Å². The maximum absolute atomic E-state index is 12.7. The molecule has 0 aliphatic heterocycles. The second kappa shape index (κ2) is 11.3. The van der Waals surface area contributed by atoms with Crippen molar-refractivity contribution in [2.75, 3.05) is 0 Å². The second-order valence-corrected chi connectivity index (χ2v) is 7.91. The van der Waals surface area contributed by atoms with E-state index in [4.69, 9.17) is 5.73 Å². The number of amides is 3. The predicted octanol–water partition coefficient (Wildman–Crippen LogP) is -0.850. The Morgan fingerprint density at radius 1 is 1.00 bits per heavy atom. The van der Waals surface area contributed by atoms with Gasteiger partial charge in [0, 0.05) is 18.3 Å². The van der Waals surface area contributed by atoms with Crippen molar-refractivity contribution in [1.29, 1.82) is 0 Å². The van der Waals surface area contributed by atoms with Gasteiger partial charge in [0.1, 0.15) is 18.1 Å². The van der Waals surface area contributed by atoms with Crippen LogP contribution in [0.4, 0.5) is 0 Å². The van der Waals surface area contributed by atoms with Gasteiger partial charge in [0.05, 0.1) is 12.4 Å². The van der Waals surface area contributed by atoms with Crippen LogP contribution in [0.2, 0.25) is 0 Å². The summed E-state index contributed by atoms with van der Waals surface area (Å²) >= 11 is 0. The lowest BCUT2D eigenvalue weighted by Crippen LogP contribution is -2.58. The van der Waals surface area contributed by atoms with E-state index >= 15 is 0 Å². The topological polar surface area (TPSA) is 179 Å². The van der Waals surface area contributed by atoms with Gasteiger partial charge >= 0.3 is 5.97 Å². The van der Waals surface area contributed by atoms with Crippen LogP contribution in [0, 0.1) is 11.8 Å². The molecule has 168 valence electrons. The molecule has 3 amide bonds. The lowest BCUT2D eigenvalue weighted by atomic mass is 10.0. The minimum absolute atomic E-state index is 0.0133. The van der Waals surface area contributed by atoms with Crippen LogP contribution >= 0.6 is 0 Å². The molecule has 1 aromatic heterocycles. The highest BCUT2D eigenvalue weighted by molar-refractivity contribution is 5.94. The van der Waals surface area contributed by atoms with Crippen molar-refractivity contribution in [3.05, 3.63) is 18.2 Å². The fourth-order valence-corrected chi connectivity index (χ4v) is 2.57. The number of carbonyl (C=O) groups is 4. The van der Waals surface area contributed by atoms with Gasteiger partial charge in [-0.1, -0.05) is 27.7 Å². The lowest BCUT2D eigenvalue weighted by Gasteiger charge is -2.26. The van der Waals surface area contributed by atoms with Crippen LogP contribution in [-0.2, 0) is 25.6 Å². The number of imidazole rings is 1. The van der Waals surface area contributed by atoms with Gasteiger partial charge in [-0.25, -0.2) is 9.78 Å². The number of nitrogens with one attached hydrogen (secondary N) is 4. The summed E-state index contributed by atoms with van der Waals surface area (Å²) in [6.45, 7) is 8.49. The van der Waals surface area contributed by atoms with Crippen LogP contribution in [0.1, 0.15) is 40.3 Å². The molecule has 7 N–H and O–H groups in total. The first-order chi connectivity index (χ1) is 13.9. The molecule has 30 heavy (non-hydrogen) atoms. The SMILES string of the molecule is CC(NC(=O)C(N)C(C)C)C(=O)NC(C(=O)NC(Cc1cnc[nH]1)C(=O)O)C(C)C. The fourth-order valence-electron chi connectivity index (χ4n) is 2.57. The molecule has 11 nitrogen and oxygen atoms in total. The molecular weight excluding hydrogens is 392 g/mol. The average Bonchev–Trinajstić information content (AvgIpc) is 3.16. The van der Waals surface area contributed by atoms with E-state index in [0.29, 0.717) is 5.69 Å². The molecule has 4 unspecified atom stereocenters. The summed E-state index contributed by atoms with van der Waals surface area (Å²) in [7, 11) is 0. The Hall–Kier alpha value is -2.95. The van der Waals surface area contributed by atoms with Crippen molar-refractivity contribution in [3.63, 3.8) is 0 Å². The van der Waals surface area contributed by atoms with Gasteiger partial charge in [-0.05, 0) is 18.8 Å². The molecule has 4 atom stereocenters. The van der Waals surface area contributed by atoms with E-state index < -0.39 is 47.9 Å². The van der Waals surface area contributed by atoms with Crippen LogP contribution in [0.25, 0.3) is 0 Å². The largest absolute Gasteiger partial charge is 0.480 e. The summed E-state index contributed by atoms with van der Waals surface area (Å²) < 4.78 is 0. The Morgan fingerprint density at radius 3 is 2.10 bits per heavy atom. The Bertz CT molecular complexity index is 734. The standard InChI is InChI=1S/C19H32N6O5/c1-9(2)14(20)17(27)23-11(5)16(26)25-15(10(3)4)18(28)24-13(19(29)30)6-12-7-21-8-22-12/h7-11,13-15H,6,20H2,1-5H3,(H,21,22)(H,23,27)(H,24,28)(H,25,26)(H,29,30). The molecule has 1 rings (SSSR count). The Kier molecular flexibility index (Phi) is 9.44. The van der Waals surface area contributed by atoms with Crippen molar-refractivity contribution in [2.24, 2.45) is 17.6 Å². The van der Waals surface area contributed by atoms with Gasteiger partial charge < -0.3 is 31.8 Å². The third-order valence-corrected chi connectivity index (χ3v) is 4.61. The molecule has 0 bridgehead atoms. The average molecular weight is 425 g/mol. The Labute approximate surface area is 175 Å². The normalized spacial score (nSPS) is 15.2. The second-order valence-electron chi connectivity index (χ2n) is 7.91. The van der Waals surface area contributed by atoms with Crippen LogP contribution < -0.4 is 21.7 Å². The summed E-state index contributed by atoms with van der Waals surface area (Å²) in [4.78, 5) is 55.4. The molecule has 0 aliphatic rings. The number of hydrogen-bond donors (Lipinski definition) is 6. The minimum Gasteiger partial charge on any atom is -0.480 e. The van der Waals surface area contributed by atoms with Crippen LogP contribution in [0.3, 0.4) is 0 Å².